The third-order valence-corrected chi connectivity index (χ3v) is 6.60. The van der Waals surface area contributed by atoms with Gasteiger partial charge in [-0.3, -0.25) is 9.69 Å². The molecule has 3 aromatic rings. The van der Waals surface area contributed by atoms with Crippen molar-refractivity contribution in [3.63, 3.8) is 0 Å². The zero-order chi connectivity index (χ0) is 25.7. The minimum absolute atomic E-state index is 0.152. The Hall–Kier alpha value is -2.65. The molecule has 0 unspecified atom stereocenters. The predicted octanol–water partition coefficient (Wildman–Crippen LogP) is 6.12. The summed E-state index contributed by atoms with van der Waals surface area (Å²) in [5.74, 6) is -0.152. The number of piperazine rings is 1. The molecule has 0 bridgehead atoms. The Labute approximate surface area is 217 Å². The first kappa shape index (κ1) is 26.4. The maximum Gasteiger partial charge on any atom is 0.416 e. The van der Waals surface area contributed by atoms with Gasteiger partial charge in [0.05, 0.1) is 23.8 Å². The van der Waals surface area contributed by atoms with Gasteiger partial charge in [0.15, 0.2) is 0 Å². The van der Waals surface area contributed by atoms with E-state index >= 15 is 0 Å². The van der Waals surface area contributed by atoms with E-state index in [0.29, 0.717) is 48.9 Å². The van der Waals surface area contributed by atoms with E-state index in [0.717, 1.165) is 17.7 Å². The van der Waals surface area contributed by atoms with E-state index in [1.165, 1.54) is 12.1 Å². The van der Waals surface area contributed by atoms with E-state index in [1.54, 1.807) is 35.4 Å². The van der Waals surface area contributed by atoms with Crippen LogP contribution < -0.4 is 0 Å². The Bertz CT molecular complexity index is 1170. The number of hydrogen-bond donors (Lipinski definition) is 0. The molecule has 1 aliphatic heterocycles. The van der Waals surface area contributed by atoms with Crippen LogP contribution in [-0.4, -0.2) is 53.4 Å². The minimum Gasteiger partial charge on any atom is -0.368 e. The highest BCUT2D eigenvalue weighted by atomic mass is 35.5. The number of carbonyl (C=O) groups excluding carboxylic acids is 1. The number of pyridine rings is 1. The van der Waals surface area contributed by atoms with E-state index < -0.39 is 11.7 Å². The summed E-state index contributed by atoms with van der Waals surface area (Å²) < 4.78 is 44.7. The quantitative estimate of drug-likeness (QED) is 0.340. The van der Waals surface area contributed by atoms with E-state index in [2.05, 4.69) is 9.88 Å². The summed E-state index contributed by atoms with van der Waals surface area (Å²) in [6.45, 7) is 3.03. The van der Waals surface area contributed by atoms with Crippen LogP contribution in [0.3, 0.4) is 0 Å². The average Bonchev–Trinajstić information content (AvgIpc) is 2.87. The molecule has 1 aromatic heterocycles. The highest BCUT2D eigenvalue weighted by molar-refractivity contribution is 6.32. The predicted molar refractivity (Wildman–Crippen MR) is 132 cm³/mol. The number of carbonyl (C=O) groups is 1. The maximum absolute atomic E-state index is 12.9. The van der Waals surface area contributed by atoms with Crippen molar-refractivity contribution in [1.82, 2.24) is 14.8 Å². The van der Waals surface area contributed by atoms with Crippen LogP contribution in [0.4, 0.5) is 13.2 Å². The third kappa shape index (κ3) is 6.76. The summed E-state index contributed by atoms with van der Waals surface area (Å²) in [6.07, 6.45) is -3.17. The molecule has 2 aromatic carbocycles. The van der Waals surface area contributed by atoms with Crippen LogP contribution in [0.15, 0.2) is 66.9 Å². The van der Waals surface area contributed by atoms with Crippen LogP contribution in [0.5, 0.6) is 0 Å². The maximum atomic E-state index is 12.9. The summed E-state index contributed by atoms with van der Waals surface area (Å²) in [4.78, 5) is 20.7. The Kier molecular flexibility index (Phi) is 8.51. The lowest BCUT2D eigenvalue weighted by atomic mass is 10.1. The highest BCUT2D eigenvalue weighted by Gasteiger charge is 2.30. The van der Waals surface area contributed by atoms with Crippen LogP contribution in [0.1, 0.15) is 33.2 Å². The van der Waals surface area contributed by atoms with Gasteiger partial charge in [-0.25, -0.2) is 4.98 Å². The number of halogens is 5. The van der Waals surface area contributed by atoms with E-state index in [9.17, 15) is 18.0 Å². The van der Waals surface area contributed by atoms with Crippen molar-refractivity contribution in [3.05, 3.63) is 99.3 Å². The van der Waals surface area contributed by atoms with Gasteiger partial charge in [0, 0.05) is 43.9 Å². The molecule has 1 fully saturated rings. The molecule has 1 atom stereocenters. The van der Waals surface area contributed by atoms with Crippen molar-refractivity contribution < 1.29 is 22.7 Å². The fourth-order valence-electron chi connectivity index (χ4n) is 4.00. The Morgan fingerprint density at radius 2 is 1.64 bits per heavy atom. The van der Waals surface area contributed by atoms with Crippen molar-refractivity contribution >= 4 is 29.1 Å². The molecule has 0 saturated carbocycles. The van der Waals surface area contributed by atoms with Crippen LogP contribution >= 0.6 is 23.2 Å². The molecule has 1 saturated heterocycles. The summed E-state index contributed by atoms with van der Waals surface area (Å²) in [5.41, 5.74) is 1.24. The number of alkyl halides is 3. The summed E-state index contributed by atoms with van der Waals surface area (Å²) in [6, 6.07) is 15.6. The number of benzene rings is 2. The average molecular weight is 538 g/mol. The smallest absolute Gasteiger partial charge is 0.368 e. The first-order valence-electron chi connectivity index (χ1n) is 11.4. The van der Waals surface area contributed by atoms with Crippen LogP contribution in [0.25, 0.3) is 0 Å². The molecule has 0 N–H and O–H groups in total. The molecule has 10 heteroatoms. The second-order valence-corrected chi connectivity index (χ2v) is 9.27. The molecule has 5 nitrogen and oxygen atoms in total. The SMILES string of the molecule is O=C(c1cccnc1Cl)N1CCN(C[C@H](OCc2ccc(C(F)(F)F)cc2)c2ccc(Cl)cc2)CC1. The summed E-state index contributed by atoms with van der Waals surface area (Å²) in [5, 5.41) is 0.783. The van der Waals surface area contributed by atoms with Gasteiger partial charge < -0.3 is 9.64 Å². The van der Waals surface area contributed by atoms with Crippen LogP contribution in [0.2, 0.25) is 10.2 Å². The van der Waals surface area contributed by atoms with E-state index in [-0.39, 0.29) is 23.8 Å². The van der Waals surface area contributed by atoms with Crippen molar-refractivity contribution in [1.29, 1.82) is 0 Å². The molecule has 190 valence electrons. The monoisotopic (exact) mass is 537 g/mol. The van der Waals surface area contributed by atoms with E-state index in [4.69, 9.17) is 27.9 Å². The van der Waals surface area contributed by atoms with Crippen molar-refractivity contribution in [2.24, 2.45) is 0 Å². The lowest BCUT2D eigenvalue weighted by Gasteiger charge is -2.36. The normalized spacial score (nSPS) is 15.6. The van der Waals surface area contributed by atoms with Gasteiger partial charge in [-0.05, 0) is 47.5 Å². The van der Waals surface area contributed by atoms with Gasteiger partial charge in [0.1, 0.15) is 5.15 Å². The summed E-state index contributed by atoms with van der Waals surface area (Å²) >= 11 is 12.1. The number of rotatable bonds is 7. The molecular weight excluding hydrogens is 514 g/mol. The fourth-order valence-corrected chi connectivity index (χ4v) is 4.33. The second kappa shape index (κ2) is 11.6. The van der Waals surface area contributed by atoms with Gasteiger partial charge in [0.25, 0.3) is 5.91 Å². The molecule has 0 aliphatic carbocycles. The number of aromatic nitrogens is 1. The number of hydrogen-bond acceptors (Lipinski definition) is 4. The molecule has 4 rings (SSSR count). The Morgan fingerprint density at radius 3 is 2.25 bits per heavy atom. The van der Waals surface area contributed by atoms with Gasteiger partial charge in [-0.2, -0.15) is 13.2 Å². The lowest BCUT2D eigenvalue weighted by Crippen LogP contribution is -2.49. The van der Waals surface area contributed by atoms with Crippen LogP contribution in [0, 0.1) is 0 Å². The number of amides is 1. The van der Waals surface area contributed by atoms with Crippen LogP contribution in [-0.2, 0) is 17.5 Å². The lowest BCUT2D eigenvalue weighted by molar-refractivity contribution is -0.137. The van der Waals surface area contributed by atoms with Crippen molar-refractivity contribution in [3.8, 4) is 0 Å². The molecule has 0 radical (unpaired) electrons. The fraction of sp³-hybridized carbons (Fsp3) is 0.308. The standard InChI is InChI=1S/C26H24Cl2F3N3O2/c27-21-9-5-19(6-10-21)23(36-17-18-3-7-20(8-4-18)26(29,30)31)16-33-12-14-34(15-13-33)25(35)22-2-1-11-32-24(22)28/h1-11,23H,12-17H2/t23-/m0/s1. The molecule has 0 spiro atoms. The zero-order valence-corrected chi connectivity index (χ0v) is 20.7. The Morgan fingerprint density at radius 1 is 0.972 bits per heavy atom. The van der Waals surface area contributed by atoms with Gasteiger partial charge in [-0.1, -0.05) is 47.5 Å². The third-order valence-electron chi connectivity index (χ3n) is 6.05. The molecular formula is C26H24Cl2F3N3O2. The minimum atomic E-state index is -4.38. The van der Waals surface area contributed by atoms with Gasteiger partial charge in [0.2, 0.25) is 0 Å². The number of ether oxygens (including phenoxy) is 1. The highest BCUT2D eigenvalue weighted by Crippen LogP contribution is 2.30. The molecule has 1 aliphatic rings. The molecule has 2 heterocycles. The Balaban J connectivity index is 1.39. The number of nitrogens with zero attached hydrogens (tertiary/aromatic N) is 3. The van der Waals surface area contributed by atoms with E-state index in [1.807, 2.05) is 12.1 Å². The van der Waals surface area contributed by atoms with Gasteiger partial charge in [-0.15, -0.1) is 0 Å². The molecule has 1 amide bonds. The topological polar surface area (TPSA) is 45.7 Å². The summed E-state index contributed by atoms with van der Waals surface area (Å²) in [7, 11) is 0. The first-order valence-corrected chi connectivity index (χ1v) is 12.1. The second-order valence-electron chi connectivity index (χ2n) is 8.48. The first-order chi connectivity index (χ1) is 17.2. The van der Waals surface area contributed by atoms with Gasteiger partial charge >= 0.3 is 6.18 Å². The largest absolute Gasteiger partial charge is 0.416 e. The van der Waals surface area contributed by atoms with Crippen molar-refractivity contribution in [2.75, 3.05) is 32.7 Å². The van der Waals surface area contributed by atoms with Crippen molar-refractivity contribution in [2.45, 2.75) is 18.9 Å². The zero-order valence-electron chi connectivity index (χ0n) is 19.2. The molecule has 36 heavy (non-hydrogen) atoms.